The Kier molecular flexibility index (Phi) is 4.84. The van der Waals surface area contributed by atoms with Gasteiger partial charge in [-0.3, -0.25) is 0 Å². The molecule has 94 valence electrons. The van der Waals surface area contributed by atoms with Gasteiger partial charge in [-0.1, -0.05) is 36.2 Å². The quantitative estimate of drug-likeness (QED) is 0.892. The summed E-state index contributed by atoms with van der Waals surface area (Å²) in [7, 11) is 0. The molecule has 0 spiro atoms. The van der Waals surface area contributed by atoms with E-state index in [4.69, 9.17) is 17.3 Å². The van der Waals surface area contributed by atoms with E-state index in [-0.39, 0.29) is 6.04 Å². The second kappa shape index (κ2) is 6.39. The van der Waals surface area contributed by atoms with Gasteiger partial charge in [0, 0.05) is 11.1 Å². The first-order chi connectivity index (χ1) is 8.27. The van der Waals surface area contributed by atoms with Crippen molar-refractivity contribution in [3.05, 3.63) is 34.9 Å². The van der Waals surface area contributed by atoms with Crippen LogP contribution >= 0.6 is 11.6 Å². The second-order valence-corrected chi connectivity index (χ2v) is 5.23. The molecule has 1 aromatic rings. The Hall–Kier alpha value is -0.570. The van der Waals surface area contributed by atoms with Crippen LogP contribution in [0.3, 0.4) is 0 Å². The van der Waals surface area contributed by atoms with Crippen molar-refractivity contribution in [2.24, 2.45) is 5.73 Å². The predicted molar refractivity (Wildman–Crippen MR) is 73.3 cm³/mol. The first-order valence-corrected chi connectivity index (χ1v) is 6.87. The zero-order valence-corrected chi connectivity index (χ0v) is 11.0. The fourth-order valence-electron chi connectivity index (χ4n) is 2.44. The summed E-state index contributed by atoms with van der Waals surface area (Å²) in [5.74, 6) is 0. The molecule has 1 aliphatic rings. The van der Waals surface area contributed by atoms with Crippen molar-refractivity contribution >= 4 is 11.6 Å². The van der Waals surface area contributed by atoms with E-state index < -0.39 is 0 Å². The number of rotatable bonds is 4. The van der Waals surface area contributed by atoms with Gasteiger partial charge in [-0.2, -0.15) is 0 Å². The van der Waals surface area contributed by atoms with Crippen LogP contribution in [0.1, 0.15) is 37.3 Å². The number of hydrogen-bond donors (Lipinski definition) is 1. The van der Waals surface area contributed by atoms with Crippen molar-refractivity contribution in [3.63, 3.8) is 0 Å². The van der Waals surface area contributed by atoms with Crippen LogP contribution in [0, 0.1) is 0 Å². The standard InChI is InChI=1S/C14H21ClN2/c15-13-7-3-2-6-12(13)14(16)8-11-17-9-4-1-5-10-17/h2-3,6-7,14H,1,4-5,8-11,16H2. The van der Waals surface area contributed by atoms with Gasteiger partial charge >= 0.3 is 0 Å². The van der Waals surface area contributed by atoms with E-state index >= 15 is 0 Å². The van der Waals surface area contributed by atoms with Crippen LogP contribution in [0.2, 0.25) is 5.02 Å². The van der Waals surface area contributed by atoms with Crippen molar-refractivity contribution in [3.8, 4) is 0 Å². The van der Waals surface area contributed by atoms with Crippen LogP contribution in [-0.2, 0) is 0 Å². The van der Waals surface area contributed by atoms with Crippen molar-refractivity contribution in [2.45, 2.75) is 31.7 Å². The number of benzene rings is 1. The van der Waals surface area contributed by atoms with E-state index in [2.05, 4.69) is 4.90 Å². The molecule has 2 rings (SSSR count). The maximum absolute atomic E-state index is 6.20. The van der Waals surface area contributed by atoms with Crippen LogP contribution in [0.25, 0.3) is 0 Å². The Morgan fingerprint density at radius 1 is 1.18 bits per heavy atom. The zero-order valence-electron chi connectivity index (χ0n) is 10.2. The first-order valence-electron chi connectivity index (χ1n) is 6.50. The molecule has 1 heterocycles. The average molecular weight is 253 g/mol. The molecule has 0 bridgehead atoms. The van der Waals surface area contributed by atoms with Crippen LogP contribution < -0.4 is 5.73 Å². The van der Waals surface area contributed by atoms with Crippen LogP contribution in [0.15, 0.2) is 24.3 Å². The summed E-state index contributed by atoms with van der Waals surface area (Å²) in [6.07, 6.45) is 5.04. The highest BCUT2D eigenvalue weighted by Crippen LogP contribution is 2.23. The number of nitrogens with zero attached hydrogens (tertiary/aromatic N) is 1. The normalized spacial score (nSPS) is 19.2. The third-order valence-corrected chi connectivity index (χ3v) is 3.85. The number of piperidine rings is 1. The molecule has 1 unspecified atom stereocenters. The molecule has 1 aromatic carbocycles. The van der Waals surface area contributed by atoms with Crippen molar-refractivity contribution in [2.75, 3.05) is 19.6 Å². The van der Waals surface area contributed by atoms with E-state index in [0.717, 1.165) is 23.6 Å². The minimum Gasteiger partial charge on any atom is -0.324 e. The Labute approximate surface area is 109 Å². The third-order valence-electron chi connectivity index (χ3n) is 3.51. The van der Waals surface area contributed by atoms with Crippen molar-refractivity contribution in [1.29, 1.82) is 0 Å². The van der Waals surface area contributed by atoms with Gasteiger partial charge in [-0.05, 0) is 50.5 Å². The molecule has 0 amide bonds. The summed E-state index contributed by atoms with van der Waals surface area (Å²) >= 11 is 6.15. The van der Waals surface area contributed by atoms with Gasteiger partial charge < -0.3 is 10.6 Å². The smallest absolute Gasteiger partial charge is 0.0453 e. The Bertz CT molecular complexity index is 348. The SMILES string of the molecule is NC(CCN1CCCCC1)c1ccccc1Cl. The minimum absolute atomic E-state index is 0.0608. The highest BCUT2D eigenvalue weighted by Gasteiger charge is 2.13. The van der Waals surface area contributed by atoms with Crippen LogP contribution in [-0.4, -0.2) is 24.5 Å². The fourth-order valence-corrected chi connectivity index (χ4v) is 2.71. The topological polar surface area (TPSA) is 29.3 Å². The Morgan fingerprint density at radius 3 is 2.59 bits per heavy atom. The van der Waals surface area contributed by atoms with Gasteiger partial charge in [0.15, 0.2) is 0 Å². The molecule has 3 heteroatoms. The predicted octanol–water partition coefficient (Wildman–Crippen LogP) is 3.22. The van der Waals surface area contributed by atoms with E-state index in [1.165, 1.54) is 32.4 Å². The van der Waals surface area contributed by atoms with Gasteiger partial charge in [0.05, 0.1) is 0 Å². The molecule has 2 N–H and O–H groups in total. The minimum atomic E-state index is 0.0608. The van der Waals surface area contributed by atoms with Crippen molar-refractivity contribution in [1.82, 2.24) is 4.90 Å². The third kappa shape index (κ3) is 3.70. The summed E-state index contributed by atoms with van der Waals surface area (Å²) in [6.45, 7) is 3.55. The molecule has 1 atom stereocenters. The van der Waals surface area contributed by atoms with Gasteiger partial charge in [0.25, 0.3) is 0 Å². The summed E-state index contributed by atoms with van der Waals surface area (Å²) in [4.78, 5) is 2.51. The summed E-state index contributed by atoms with van der Waals surface area (Å²) < 4.78 is 0. The molecule has 1 aliphatic heterocycles. The highest BCUT2D eigenvalue weighted by molar-refractivity contribution is 6.31. The van der Waals surface area contributed by atoms with E-state index in [0.29, 0.717) is 0 Å². The monoisotopic (exact) mass is 252 g/mol. The molecular weight excluding hydrogens is 232 g/mol. The van der Waals surface area contributed by atoms with Gasteiger partial charge in [0.1, 0.15) is 0 Å². The van der Waals surface area contributed by atoms with Gasteiger partial charge in [-0.25, -0.2) is 0 Å². The molecule has 0 saturated carbocycles. The molecular formula is C14H21ClN2. The number of hydrogen-bond acceptors (Lipinski definition) is 2. The van der Waals surface area contributed by atoms with Crippen LogP contribution in [0.4, 0.5) is 0 Å². The average Bonchev–Trinajstić information content (AvgIpc) is 2.38. The summed E-state index contributed by atoms with van der Waals surface area (Å²) in [5, 5.41) is 0.790. The number of halogens is 1. The fraction of sp³-hybridized carbons (Fsp3) is 0.571. The molecule has 0 aromatic heterocycles. The largest absolute Gasteiger partial charge is 0.324 e. The number of nitrogens with two attached hydrogens (primary N) is 1. The maximum atomic E-state index is 6.20. The molecule has 1 fully saturated rings. The molecule has 17 heavy (non-hydrogen) atoms. The lowest BCUT2D eigenvalue weighted by Crippen LogP contribution is -2.32. The summed E-state index contributed by atoms with van der Waals surface area (Å²) in [6, 6.07) is 7.96. The second-order valence-electron chi connectivity index (χ2n) is 4.82. The Morgan fingerprint density at radius 2 is 1.88 bits per heavy atom. The highest BCUT2D eigenvalue weighted by atomic mass is 35.5. The van der Waals surface area contributed by atoms with Gasteiger partial charge in [0.2, 0.25) is 0 Å². The van der Waals surface area contributed by atoms with E-state index in [1.54, 1.807) is 0 Å². The molecule has 2 nitrogen and oxygen atoms in total. The van der Waals surface area contributed by atoms with Crippen molar-refractivity contribution < 1.29 is 0 Å². The zero-order chi connectivity index (χ0) is 12.1. The lowest BCUT2D eigenvalue weighted by Gasteiger charge is -2.27. The molecule has 0 radical (unpaired) electrons. The van der Waals surface area contributed by atoms with E-state index in [9.17, 15) is 0 Å². The maximum Gasteiger partial charge on any atom is 0.0453 e. The van der Waals surface area contributed by atoms with Gasteiger partial charge in [-0.15, -0.1) is 0 Å². The lowest BCUT2D eigenvalue weighted by atomic mass is 10.0. The first kappa shape index (κ1) is 12.9. The molecule has 0 aliphatic carbocycles. The van der Waals surface area contributed by atoms with Crippen LogP contribution in [0.5, 0.6) is 0 Å². The van der Waals surface area contributed by atoms with E-state index in [1.807, 2.05) is 24.3 Å². The number of likely N-dealkylation sites (tertiary alicyclic amines) is 1. The lowest BCUT2D eigenvalue weighted by molar-refractivity contribution is 0.221. The molecule has 1 saturated heterocycles. The summed E-state index contributed by atoms with van der Waals surface area (Å²) in [5.41, 5.74) is 7.28. The Balaban J connectivity index is 1.84.